The largest absolute Gasteiger partial charge is 0.462 e. The van der Waals surface area contributed by atoms with Crippen LogP contribution in [0.15, 0.2) is 86.8 Å². The number of carbonyl (C=O) groups is 2. The van der Waals surface area contributed by atoms with E-state index in [4.69, 9.17) is 9.15 Å². The predicted octanol–water partition coefficient (Wildman–Crippen LogP) is 5.25. The SMILES string of the molecule is CCOC(=O)c1ccc(N=c2oc3ccc(Br)cc3cc2C(=O)Nc2ccccn2)cc1. The van der Waals surface area contributed by atoms with E-state index in [0.717, 1.165) is 9.86 Å². The molecule has 0 atom stereocenters. The number of anilines is 1. The Morgan fingerprint density at radius 2 is 1.91 bits per heavy atom. The van der Waals surface area contributed by atoms with Gasteiger partial charge in [-0.2, -0.15) is 0 Å². The lowest BCUT2D eigenvalue weighted by Crippen LogP contribution is -2.22. The first-order valence-corrected chi connectivity index (χ1v) is 10.6. The van der Waals surface area contributed by atoms with Gasteiger partial charge in [-0.25, -0.2) is 14.8 Å². The fraction of sp³-hybridized carbons (Fsp3) is 0.0833. The summed E-state index contributed by atoms with van der Waals surface area (Å²) in [5, 5.41) is 3.50. The number of hydrogen-bond acceptors (Lipinski definition) is 6. The third-order valence-electron chi connectivity index (χ3n) is 4.47. The first-order chi connectivity index (χ1) is 15.5. The van der Waals surface area contributed by atoms with Gasteiger partial charge in [0.2, 0.25) is 5.55 Å². The first kappa shape index (κ1) is 21.5. The van der Waals surface area contributed by atoms with E-state index in [0.29, 0.717) is 29.3 Å². The molecule has 1 N–H and O–H groups in total. The second-order valence-electron chi connectivity index (χ2n) is 6.70. The highest BCUT2D eigenvalue weighted by Crippen LogP contribution is 2.21. The molecule has 0 fully saturated rings. The normalized spacial score (nSPS) is 11.4. The van der Waals surface area contributed by atoms with Crippen molar-refractivity contribution >= 4 is 50.3 Å². The van der Waals surface area contributed by atoms with Crippen molar-refractivity contribution in [2.24, 2.45) is 4.99 Å². The van der Waals surface area contributed by atoms with Crippen molar-refractivity contribution in [1.82, 2.24) is 4.98 Å². The maximum absolute atomic E-state index is 13.0. The summed E-state index contributed by atoms with van der Waals surface area (Å²) in [6, 6.07) is 19.0. The Hall–Kier alpha value is -3.78. The maximum atomic E-state index is 13.0. The molecular weight excluding hydrogens is 474 g/mol. The number of carbonyl (C=O) groups excluding carboxylic acids is 2. The van der Waals surface area contributed by atoms with Crippen LogP contribution in [0.2, 0.25) is 0 Å². The third-order valence-corrected chi connectivity index (χ3v) is 4.96. The standard InChI is InChI=1S/C24H18BrN3O4/c1-2-31-24(30)15-6-9-18(10-7-15)27-23-19(22(29)28-21-5-3-4-12-26-21)14-16-13-17(25)8-11-20(16)32-23/h3-14H,2H2,1H3,(H,26,28,29). The molecule has 0 saturated carbocycles. The quantitative estimate of drug-likeness (QED) is 0.384. The summed E-state index contributed by atoms with van der Waals surface area (Å²) in [4.78, 5) is 33.5. The van der Waals surface area contributed by atoms with Gasteiger partial charge >= 0.3 is 5.97 Å². The van der Waals surface area contributed by atoms with Crippen molar-refractivity contribution in [1.29, 1.82) is 0 Å². The number of halogens is 1. The monoisotopic (exact) mass is 491 g/mol. The summed E-state index contributed by atoms with van der Waals surface area (Å²) in [5.74, 6) is -0.400. The molecule has 2 aromatic carbocycles. The molecule has 0 saturated heterocycles. The van der Waals surface area contributed by atoms with Crippen molar-refractivity contribution in [2.75, 3.05) is 11.9 Å². The molecule has 7 nitrogen and oxygen atoms in total. The zero-order chi connectivity index (χ0) is 22.5. The van der Waals surface area contributed by atoms with Gasteiger partial charge in [-0.15, -0.1) is 0 Å². The van der Waals surface area contributed by atoms with Crippen LogP contribution in [0.4, 0.5) is 11.5 Å². The van der Waals surface area contributed by atoms with Crippen molar-refractivity contribution in [3.05, 3.63) is 94.1 Å². The predicted molar refractivity (Wildman–Crippen MR) is 124 cm³/mol. The average molecular weight is 492 g/mol. The second kappa shape index (κ2) is 9.57. The van der Waals surface area contributed by atoms with E-state index in [9.17, 15) is 9.59 Å². The Morgan fingerprint density at radius 3 is 2.62 bits per heavy atom. The maximum Gasteiger partial charge on any atom is 0.338 e. The lowest BCUT2D eigenvalue weighted by Gasteiger charge is -2.07. The number of fused-ring (bicyclic) bond motifs is 1. The molecule has 0 bridgehead atoms. The molecule has 2 aromatic heterocycles. The molecule has 0 spiro atoms. The minimum atomic E-state index is -0.407. The molecule has 4 aromatic rings. The van der Waals surface area contributed by atoms with Crippen LogP contribution < -0.4 is 10.9 Å². The van der Waals surface area contributed by atoms with Gasteiger partial charge in [0.25, 0.3) is 5.91 Å². The molecule has 0 unspecified atom stereocenters. The lowest BCUT2D eigenvalue weighted by molar-refractivity contribution is 0.0526. The number of rotatable bonds is 5. The van der Waals surface area contributed by atoms with Gasteiger partial charge < -0.3 is 14.5 Å². The number of hydrogen-bond donors (Lipinski definition) is 1. The fourth-order valence-electron chi connectivity index (χ4n) is 2.97. The van der Waals surface area contributed by atoms with Crippen LogP contribution in [0, 0.1) is 0 Å². The van der Waals surface area contributed by atoms with Crippen molar-refractivity contribution in [3.63, 3.8) is 0 Å². The van der Waals surface area contributed by atoms with Crippen LogP contribution >= 0.6 is 15.9 Å². The molecule has 1 amide bonds. The smallest absolute Gasteiger partial charge is 0.338 e. The molecular formula is C24H18BrN3O4. The van der Waals surface area contributed by atoms with Gasteiger partial charge in [0, 0.05) is 16.1 Å². The van der Waals surface area contributed by atoms with Crippen LogP contribution in [0.5, 0.6) is 0 Å². The molecule has 0 aliphatic rings. The minimum absolute atomic E-state index is 0.136. The Bertz CT molecular complexity index is 1350. The Balaban J connectivity index is 1.78. The topological polar surface area (TPSA) is 93.8 Å². The number of benzene rings is 2. The van der Waals surface area contributed by atoms with Crippen molar-refractivity contribution in [2.45, 2.75) is 6.92 Å². The zero-order valence-electron chi connectivity index (χ0n) is 17.0. The average Bonchev–Trinajstić information content (AvgIpc) is 2.80. The van der Waals surface area contributed by atoms with E-state index in [2.05, 4.69) is 31.2 Å². The summed E-state index contributed by atoms with van der Waals surface area (Å²) in [5.41, 5.74) is 1.89. The van der Waals surface area contributed by atoms with Gasteiger partial charge in [0.1, 0.15) is 17.0 Å². The zero-order valence-corrected chi connectivity index (χ0v) is 18.6. The van der Waals surface area contributed by atoms with Gasteiger partial charge in [0.15, 0.2) is 0 Å². The van der Waals surface area contributed by atoms with E-state index in [1.807, 2.05) is 12.1 Å². The third kappa shape index (κ3) is 4.92. The summed E-state index contributed by atoms with van der Waals surface area (Å²) >= 11 is 3.44. The summed E-state index contributed by atoms with van der Waals surface area (Å²) in [6.45, 7) is 2.05. The van der Waals surface area contributed by atoms with E-state index < -0.39 is 11.9 Å². The number of pyridine rings is 1. The van der Waals surface area contributed by atoms with Crippen molar-refractivity contribution in [3.8, 4) is 0 Å². The highest BCUT2D eigenvalue weighted by Gasteiger charge is 2.14. The fourth-order valence-corrected chi connectivity index (χ4v) is 3.35. The molecule has 0 radical (unpaired) electrons. The van der Waals surface area contributed by atoms with Crippen LogP contribution in [0.1, 0.15) is 27.6 Å². The highest BCUT2D eigenvalue weighted by atomic mass is 79.9. The number of nitrogens with zero attached hydrogens (tertiary/aromatic N) is 2. The summed E-state index contributed by atoms with van der Waals surface area (Å²) < 4.78 is 11.8. The molecule has 8 heteroatoms. The molecule has 0 aliphatic heterocycles. The molecule has 0 aliphatic carbocycles. The lowest BCUT2D eigenvalue weighted by atomic mass is 10.1. The molecule has 160 valence electrons. The van der Waals surface area contributed by atoms with Crippen LogP contribution in [0.25, 0.3) is 11.0 Å². The summed E-state index contributed by atoms with van der Waals surface area (Å²) in [7, 11) is 0. The Kier molecular flexibility index (Phi) is 6.42. The van der Waals surface area contributed by atoms with Gasteiger partial charge in [-0.1, -0.05) is 22.0 Å². The van der Waals surface area contributed by atoms with Gasteiger partial charge in [-0.05, 0) is 67.6 Å². The number of aromatic nitrogens is 1. The van der Waals surface area contributed by atoms with Crippen LogP contribution in [-0.4, -0.2) is 23.5 Å². The summed E-state index contributed by atoms with van der Waals surface area (Å²) in [6.07, 6.45) is 1.59. The van der Waals surface area contributed by atoms with E-state index in [1.165, 1.54) is 0 Å². The van der Waals surface area contributed by atoms with Crippen LogP contribution in [0.3, 0.4) is 0 Å². The minimum Gasteiger partial charge on any atom is -0.462 e. The van der Waals surface area contributed by atoms with E-state index >= 15 is 0 Å². The Morgan fingerprint density at radius 1 is 1.09 bits per heavy atom. The second-order valence-corrected chi connectivity index (χ2v) is 7.61. The number of esters is 1. The number of nitrogens with one attached hydrogen (secondary N) is 1. The highest BCUT2D eigenvalue weighted by molar-refractivity contribution is 9.10. The van der Waals surface area contributed by atoms with Crippen molar-refractivity contribution < 1.29 is 18.7 Å². The van der Waals surface area contributed by atoms with Crippen LogP contribution in [-0.2, 0) is 4.74 Å². The van der Waals surface area contributed by atoms with E-state index in [-0.39, 0.29) is 11.1 Å². The molecule has 2 heterocycles. The van der Waals surface area contributed by atoms with Gasteiger partial charge in [0.05, 0.1) is 17.9 Å². The molecule has 4 rings (SSSR count). The first-order valence-electron chi connectivity index (χ1n) is 9.81. The molecule has 32 heavy (non-hydrogen) atoms. The number of amides is 1. The Labute approximate surface area is 191 Å². The van der Waals surface area contributed by atoms with Gasteiger partial charge in [-0.3, -0.25) is 4.79 Å². The number of ether oxygens (including phenoxy) is 1. The van der Waals surface area contributed by atoms with E-state index in [1.54, 1.807) is 67.7 Å².